The number of phenols is 2. The van der Waals surface area contributed by atoms with Gasteiger partial charge in [0.1, 0.15) is 5.69 Å². The van der Waals surface area contributed by atoms with E-state index in [1.807, 2.05) is 0 Å². The molecule has 5 rings (SSSR count). The average molecular weight is 730 g/mol. The predicted molar refractivity (Wildman–Crippen MR) is 159 cm³/mol. The number of aliphatic carboxylic acids is 2. The number of aromatic nitrogens is 1. The summed E-state index contributed by atoms with van der Waals surface area (Å²) in [5.74, 6) is -10.4. The molecule has 19 nitrogen and oxygen atoms in total. The van der Waals surface area contributed by atoms with Crippen molar-refractivity contribution in [2.24, 2.45) is 11.1 Å². The molecule has 3 aliphatic heterocycles. The van der Waals surface area contributed by atoms with Gasteiger partial charge >= 0.3 is 30.2 Å². The fourth-order valence-corrected chi connectivity index (χ4v) is 7.51. The third-order valence-electron chi connectivity index (χ3n) is 7.38. The number of phenolic OH excluding ortho intramolecular Hbond substituents is 2. The number of halogens is 2. The summed E-state index contributed by atoms with van der Waals surface area (Å²) in [5, 5.41) is 41.9. The number of rotatable bonds is 12. The van der Waals surface area contributed by atoms with Gasteiger partial charge in [0.2, 0.25) is 10.8 Å². The fourth-order valence-electron chi connectivity index (χ4n) is 5.03. The first-order chi connectivity index (χ1) is 22.6. The van der Waals surface area contributed by atoms with Gasteiger partial charge in [-0.2, -0.15) is 4.39 Å². The molecule has 0 aliphatic carbocycles. The summed E-state index contributed by atoms with van der Waals surface area (Å²) < 4.78 is 13.5. The Hall–Kier alpha value is -5.22. The standard InChI is InChI=1S/C25H21ClFN7O12S2/c26-13-8(1-2-11(35)16(13)38)15(37)18(39)30-34-4-3-33(24(34)45)25(22(43)44)7-32-19(40)9(20(32)48-25)5-12(36)14(10-6-47-23(28)29-10)31-46-17(27)21(41)42/h1-2,6,9,17,20,35,38H,3-5,7H2,(H2,28,29)(H,30,39)(H,41,42)(H,43,44)/b31-14-/t9?,17?,20-,25-/m1/s1. The Kier molecular flexibility index (Phi) is 9.07. The largest absolute Gasteiger partial charge is 0.504 e. The highest BCUT2D eigenvalue weighted by molar-refractivity contribution is 8.02. The summed E-state index contributed by atoms with van der Waals surface area (Å²) in [7, 11) is 0. The van der Waals surface area contributed by atoms with Crippen LogP contribution in [0.4, 0.5) is 14.3 Å². The third-order valence-corrected chi connectivity index (χ3v) is 10.2. The number of Topliss-reactive ketones (excluding diaryl/α,β-unsaturated/α-hetero) is 2. The van der Waals surface area contributed by atoms with Gasteiger partial charge in [-0.1, -0.05) is 28.5 Å². The molecular formula is C25H21ClFN7O12S2. The van der Waals surface area contributed by atoms with Crippen LogP contribution in [0.15, 0.2) is 22.7 Å². The van der Waals surface area contributed by atoms with Crippen LogP contribution in [-0.4, -0.2) is 124 Å². The molecule has 0 bridgehead atoms. The molecule has 3 aliphatic rings. The lowest BCUT2D eigenvalue weighted by Crippen LogP contribution is -2.60. The minimum atomic E-state index is -2.93. The van der Waals surface area contributed by atoms with Gasteiger partial charge in [-0.3, -0.25) is 29.5 Å². The average Bonchev–Trinajstić information content (AvgIpc) is 3.74. The van der Waals surface area contributed by atoms with Gasteiger partial charge in [0.25, 0.3) is 5.78 Å². The predicted octanol–water partition coefficient (Wildman–Crippen LogP) is -0.186. The van der Waals surface area contributed by atoms with Crippen molar-refractivity contribution >= 4 is 86.9 Å². The van der Waals surface area contributed by atoms with Crippen molar-refractivity contribution < 1.29 is 63.2 Å². The van der Waals surface area contributed by atoms with E-state index in [4.69, 9.17) is 22.4 Å². The molecule has 48 heavy (non-hydrogen) atoms. The molecule has 0 saturated carbocycles. The highest BCUT2D eigenvalue weighted by Crippen LogP contribution is 2.52. The maximum Gasteiger partial charge on any atom is 0.381 e. The Balaban J connectivity index is 1.29. The molecule has 4 amide bonds. The molecule has 4 heterocycles. The van der Waals surface area contributed by atoms with Crippen LogP contribution in [0.1, 0.15) is 22.5 Å². The molecule has 1 aromatic carbocycles. The molecule has 3 fully saturated rings. The van der Waals surface area contributed by atoms with Crippen LogP contribution >= 0.6 is 34.7 Å². The number of carbonyl (C=O) groups is 7. The van der Waals surface area contributed by atoms with E-state index in [-0.39, 0.29) is 23.9 Å². The number of nitrogens with two attached hydrogens (primary N) is 1. The van der Waals surface area contributed by atoms with E-state index in [9.17, 15) is 53.3 Å². The van der Waals surface area contributed by atoms with E-state index < -0.39 is 105 Å². The Labute approximate surface area is 279 Å². The smallest absolute Gasteiger partial charge is 0.381 e. The maximum atomic E-state index is 13.5. The van der Waals surface area contributed by atoms with Crippen LogP contribution in [0.3, 0.4) is 0 Å². The number of nitrogens with one attached hydrogen (secondary N) is 1. The number of oxime groups is 1. The number of nitrogens with zero attached hydrogens (tertiary/aromatic N) is 5. The second kappa shape index (κ2) is 12.8. The van der Waals surface area contributed by atoms with E-state index in [2.05, 4.69) is 20.4 Å². The number of nitrogen functional groups attached to an aromatic ring is 1. The molecule has 0 spiro atoms. The lowest BCUT2D eigenvalue weighted by Gasteiger charge is -2.40. The third kappa shape index (κ3) is 5.88. The highest BCUT2D eigenvalue weighted by atomic mass is 35.5. The summed E-state index contributed by atoms with van der Waals surface area (Å²) in [4.78, 5) is 96.4. The van der Waals surface area contributed by atoms with Crippen LogP contribution in [0.5, 0.6) is 11.5 Å². The van der Waals surface area contributed by atoms with Crippen molar-refractivity contribution in [3.63, 3.8) is 0 Å². The number of β-lactam (4-membered cyclic amide) rings is 1. The van der Waals surface area contributed by atoms with Gasteiger partial charge in [-0.15, -0.1) is 11.3 Å². The number of benzene rings is 1. The lowest BCUT2D eigenvalue weighted by atomic mass is 9.90. The Bertz CT molecular complexity index is 1810. The normalized spacial score (nSPS) is 22.6. The monoisotopic (exact) mass is 729 g/mol. The van der Waals surface area contributed by atoms with E-state index in [1.54, 1.807) is 0 Å². The second-order valence-corrected chi connectivity index (χ2v) is 12.9. The van der Waals surface area contributed by atoms with Gasteiger partial charge in [-0.25, -0.2) is 24.4 Å². The number of carboxylic acid groups (broad SMARTS) is 2. The fraction of sp³-hybridized carbons (Fsp3) is 0.320. The number of alkyl halides is 1. The molecule has 254 valence electrons. The number of fused-ring (bicyclic) bond motifs is 1. The van der Waals surface area contributed by atoms with Crippen molar-refractivity contribution in [2.45, 2.75) is 23.0 Å². The first kappa shape index (κ1) is 34.1. The van der Waals surface area contributed by atoms with Crippen molar-refractivity contribution in [1.29, 1.82) is 0 Å². The first-order valence-corrected chi connectivity index (χ1v) is 15.4. The quantitative estimate of drug-likeness (QED) is 0.0412. The minimum absolute atomic E-state index is 0.0163. The number of aromatic hydroxyl groups is 2. The molecule has 1 aromatic heterocycles. The van der Waals surface area contributed by atoms with Gasteiger partial charge in [0.15, 0.2) is 28.1 Å². The molecule has 23 heteroatoms. The zero-order valence-electron chi connectivity index (χ0n) is 23.7. The number of hydrogen-bond donors (Lipinski definition) is 6. The summed E-state index contributed by atoms with van der Waals surface area (Å²) >= 11 is 7.40. The van der Waals surface area contributed by atoms with Crippen molar-refractivity contribution in [2.75, 3.05) is 25.4 Å². The number of urea groups is 1. The van der Waals surface area contributed by atoms with Crippen molar-refractivity contribution in [3.05, 3.63) is 33.8 Å². The number of anilines is 1. The van der Waals surface area contributed by atoms with E-state index in [0.29, 0.717) is 16.8 Å². The summed E-state index contributed by atoms with van der Waals surface area (Å²) in [6, 6.07) is 0.843. The number of amides is 4. The molecule has 2 aromatic rings. The van der Waals surface area contributed by atoms with Gasteiger partial charge in [0, 0.05) is 18.3 Å². The zero-order chi connectivity index (χ0) is 35.2. The number of thiazole rings is 1. The van der Waals surface area contributed by atoms with Crippen LogP contribution in [0, 0.1) is 5.92 Å². The van der Waals surface area contributed by atoms with E-state index in [1.165, 1.54) is 5.38 Å². The van der Waals surface area contributed by atoms with Gasteiger partial charge in [-0.05, 0) is 12.1 Å². The highest BCUT2D eigenvalue weighted by Gasteiger charge is 2.66. The van der Waals surface area contributed by atoms with E-state index >= 15 is 0 Å². The van der Waals surface area contributed by atoms with Gasteiger partial charge in [0.05, 0.1) is 35.0 Å². The van der Waals surface area contributed by atoms with Crippen molar-refractivity contribution in [1.82, 2.24) is 25.2 Å². The lowest BCUT2D eigenvalue weighted by molar-refractivity contribution is -0.163. The Morgan fingerprint density at radius 3 is 2.54 bits per heavy atom. The van der Waals surface area contributed by atoms with Crippen LogP contribution in [0.2, 0.25) is 5.02 Å². The van der Waals surface area contributed by atoms with Crippen LogP contribution in [0.25, 0.3) is 0 Å². The van der Waals surface area contributed by atoms with Gasteiger partial charge < -0.3 is 35.9 Å². The summed E-state index contributed by atoms with van der Waals surface area (Å²) in [6.45, 7) is -1.07. The zero-order valence-corrected chi connectivity index (χ0v) is 26.1. The number of carboxylic acids is 2. The summed E-state index contributed by atoms with van der Waals surface area (Å²) in [6.07, 6.45) is -3.54. The molecule has 0 radical (unpaired) electrons. The number of hydrazine groups is 1. The number of ketones is 2. The van der Waals surface area contributed by atoms with Crippen LogP contribution in [-0.2, 0) is 28.8 Å². The Morgan fingerprint density at radius 2 is 1.92 bits per heavy atom. The number of thioether (sulfide) groups is 1. The minimum Gasteiger partial charge on any atom is -0.504 e. The summed E-state index contributed by atoms with van der Waals surface area (Å²) in [5.41, 5.74) is 6.34. The van der Waals surface area contributed by atoms with E-state index in [0.717, 1.165) is 33.3 Å². The SMILES string of the molecule is Nc1nc(/C(=N/OC(F)C(=O)O)C(=O)CC2C(=O)N3C[C@@](C(=O)O)(N4CCN(NC(=O)C(=O)c5ccc(O)c(O)c5Cl)C4=O)S[C@H]23)cs1. The molecule has 2 unspecified atom stereocenters. The number of hydrogen-bond acceptors (Lipinski definition) is 15. The molecule has 7 N–H and O–H groups in total. The number of carbonyl (C=O) groups excluding carboxylic acids is 5. The topological polar surface area (TPSA) is 283 Å². The second-order valence-electron chi connectivity index (χ2n) is 10.2. The molecule has 4 atom stereocenters. The first-order valence-electron chi connectivity index (χ1n) is 13.3. The molecule has 3 saturated heterocycles. The van der Waals surface area contributed by atoms with Crippen LogP contribution < -0.4 is 11.2 Å². The molecular weight excluding hydrogens is 709 g/mol. The Morgan fingerprint density at radius 1 is 1.21 bits per heavy atom. The maximum absolute atomic E-state index is 13.5. The van der Waals surface area contributed by atoms with Crippen molar-refractivity contribution in [3.8, 4) is 11.5 Å².